The normalized spacial score (nSPS) is 9.92. The van der Waals surface area contributed by atoms with Crippen LogP contribution in [0.5, 0.6) is 5.75 Å². The van der Waals surface area contributed by atoms with Crippen molar-refractivity contribution in [1.82, 2.24) is 0 Å². The van der Waals surface area contributed by atoms with Crippen molar-refractivity contribution in [3.05, 3.63) is 22.8 Å². The third-order valence-corrected chi connectivity index (χ3v) is 2.39. The Kier molecular flexibility index (Phi) is 2.78. The summed E-state index contributed by atoms with van der Waals surface area (Å²) in [7, 11) is 1.68. The van der Waals surface area contributed by atoms with E-state index in [1.54, 1.807) is 7.11 Å². The molecule has 0 aromatic heterocycles. The van der Waals surface area contributed by atoms with Gasteiger partial charge in [0.15, 0.2) is 0 Å². The van der Waals surface area contributed by atoms with Crippen molar-refractivity contribution in [2.45, 2.75) is 20.8 Å². The summed E-state index contributed by atoms with van der Waals surface area (Å²) in [6, 6.07) is 1.99. The van der Waals surface area contributed by atoms with Crippen LogP contribution in [0, 0.1) is 20.8 Å². The van der Waals surface area contributed by atoms with Crippen LogP contribution < -0.4 is 16.0 Å². The van der Waals surface area contributed by atoms with Crippen LogP contribution in [-0.2, 0) is 0 Å². The zero-order chi connectivity index (χ0) is 10.0. The van der Waals surface area contributed by atoms with Gasteiger partial charge in [0.2, 0.25) is 0 Å². The first-order valence-corrected chi connectivity index (χ1v) is 4.23. The molecule has 3 N–H and O–H groups in total. The summed E-state index contributed by atoms with van der Waals surface area (Å²) in [4.78, 5) is 0. The molecule has 3 heteroatoms. The maximum atomic E-state index is 5.39. The van der Waals surface area contributed by atoms with Gasteiger partial charge in [-0.05, 0) is 43.5 Å². The van der Waals surface area contributed by atoms with E-state index in [1.807, 2.05) is 26.8 Å². The third kappa shape index (κ3) is 1.60. The molecule has 13 heavy (non-hydrogen) atoms. The topological polar surface area (TPSA) is 47.3 Å². The number of hydrogen-bond acceptors (Lipinski definition) is 3. The van der Waals surface area contributed by atoms with Crippen molar-refractivity contribution in [3.63, 3.8) is 0 Å². The maximum absolute atomic E-state index is 5.39. The highest BCUT2D eigenvalue weighted by atomic mass is 16.5. The molecule has 1 aromatic carbocycles. The number of hydrogen-bond donors (Lipinski definition) is 2. The number of ether oxygens (including phenoxy) is 1. The van der Waals surface area contributed by atoms with Crippen molar-refractivity contribution in [2.75, 3.05) is 12.5 Å². The molecule has 0 aliphatic heterocycles. The molecule has 0 heterocycles. The summed E-state index contributed by atoms with van der Waals surface area (Å²) >= 11 is 0. The predicted octanol–water partition coefficient (Wildman–Crippen LogP) is 1.91. The Morgan fingerprint density at radius 3 is 2.31 bits per heavy atom. The molecule has 0 atom stereocenters. The number of benzene rings is 1. The first-order chi connectivity index (χ1) is 6.11. The molecule has 0 radical (unpaired) electrons. The van der Waals surface area contributed by atoms with Crippen molar-refractivity contribution in [3.8, 4) is 5.75 Å². The smallest absolute Gasteiger partial charge is 0.125 e. The second-order valence-electron chi connectivity index (χ2n) is 3.17. The minimum Gasteiger partial charge on any atom is -0.496 e. The number of nitrogen functional groups attached to an aromatic ring is 1. The highest BCUT2D eigenvalue weighted by Gasteiger charge is 2.09. The Hall–Kier alpha value is -1.22. The average Bonchev–Trinajstić information content (AvgIpc) is 2.12. The van der Waals surface area contributed by atoms with Gasteiger partial charge < -0.3 is 10.2 Å². The van der Waals surface area contributed by atoms with E-state index >= 15 is 0 Å². The fourth-order valence-corrected chi connectivity index (χ4v) is 1.52. The van der Waals surface area contributed by atoms with Gasteiger partial charge in [0, 0.05) is 0 Å². The number of nitrogens with two attached hydrogens (primary N) is 1. The monoisotopic (exact) mass is 180 g/mol. The van der Waals surface area contributed by atoms with E-state index in [4.69, 9.17) is 10.6 Å². The van der Waals surface area contributed by atoms with E-state index < -0.39 is 0 Å². The molecular weight excluding hydrogens is 164 g/mol. The number of anilines is 1. The molecule has 0 amide bonds. The molecular formula is C10H16N2O. The summed E-state index contributed by atoms with van der Waals surface area (Å²) in [6.45, 7) is 6.06. The molecule has 0 bridgehead atoms. The van der Waals surface area contributed by atoms with E-state index in [0.29, 0.717) is 0 Å². The van der Waals surface area contributed by atoms with Crippen molar-refractivity contribution in [1.29, 1.82) is 0 Å². The maximum Gasteiger partial charge on any atom is 0.125 e. The van der Waals surface area contributed by atoms with Crippen LogP contribution in [0.3, 0.4) is 0 Å². The standard InChI is InChI=1S/C10H16N2O/c1-6-5-9(12-11)7(2)8(3)10(6)13-4/h5,12H,11H2,1-4H3. The van der Waals surface area contributed by atoms with Gasteiger partial charge in [-0.15, -0.1) is 0 Å². The minimum absolute atomic E-state index is 0.941. The Bertz CT molecular complexity index is 321. The lowest BCUT2D eigenvalue weighted by Crippen LogP contribution is -2.09. The molecule has 0 aliphatic rings. The lowest BCUT2D eigenvalue weighted by molar-refractivity contribution is 0.408. The van der Waals surface area contributed by atoms with Crippen molar-refractivity contribution < 1.29 is 4.74 Å². The number of nitrogens with one attached hydrogen (secondary N) is 1. The molecule has 0 saturated heterocycles. The van der Waals surface area contributed by atoms with Crippen molar-refractivity contribution in [2.24, 2.45) is 5.84 Å². The van der Waals surface area contributed by atoms with Gasteiger partial charge in [0.1, 0.15) is 5.75 Å². The third-order valence-electron chi connectivity index (χ3n) is 2.39. The lowest BCUT2D eigenvalue weighted by Gasteiger charge is -2.14. The fourth-order valence-electron chi connectivity index (χ4n) is 1.52. The average molecular weight is 180 g/mol. The molecule has 1 rings (SSSR count). The predicted molar refractivity (Wildman–Crippen MR) is 55.0 cm³/mol. The van der Waals surface area contributed by atoms with E-state index in [2.05, 4.69) is 5.43 Å². The summed E-state index contributed by atoms with van der Waals surface area (Å²) in [5, 5.41) is 0. The van der Waals surface area contributed by atoms with Crippen LogP contribution in [0.4, 0.5) is 5.69 Å². The summed E-state index contributed by atoms with van der Waals surface area (Å²) in [5.74, 6) is 6.33. The zero-order valence-electron chi connectivity index (χ0n) is 8.56. The van der Waals surface area contributed by atoms with Gasteiger partial charge in [-0.25, -0.2) is 0 Å². The molecule has 0 unspecified atom stereocenters. The van der Waals surface area contributed by atoms with Crippen LogP contribution >= 0.6 is 0 Å². The number of rotatable bonds is 2. The summed E-state index contributed by atoms with van der Waals surface area (Å²) < 4.78 is 5.29. The first-order valence-electron chi connectivity index (χ1n) is 4.23. The number of methoxy groups -OCH3 is 1. The summed E-state index contributed by atoms with van der Waals surface area (Å²) in [5.41, 5.74) is 6.99. The molecule has 1 aromatic rings. The minimum atomic E-state index is 0.941. The Morgan fingerprint density at radius 2 is 1.85 bits per heavy atom. The molecule has 0 fully saturated rings. The van der Waals surface area contributed by atoms with E-state index in [-0.39, 0.29) is 0 Å². The van der Waals surface area contributed by atoms with E-state index in [9.17, 15) is 0 Å². The quantitative estimate of drug-likeness (QED) is 0.540. The van der Waals surface area contributed by atoms with Crippen LogP contribution in [-0.4, -0.2) is 7.11 Å². The first kappa shape index (κ1) is 9.86. The second-order valence-corrected chi connectivity index (χ2v) is 3.17. The van der Waals surface area contributed by atoms with Gasteiger partial charge in [0.05, 0.1) is 12.8 Å². The highest BCUT2D eigenvalue weighted by Crippen LogP contribution is 2.30. The van der Waals surface area contributed by atoms with Gasteiger partial charge >= 0.3 is 0 Å². The Labute approximate surface area is 78.9 Å². The van der Waals surface area contributed by atoms with Crippen LogP contribution in [0.1, 0.15) is 16.7 Å². The van der Waals surface area contributed by atoms with Gasteiger partial charge in [-0.3, -0.25) is 5.84 Å². The van der Waals surface area contributed by atoms with Gasteiger partial charge in [-0.1, -0.05) is 0 Å². The Balaban J connectivity index is 3.37. The molecule has 0 aliphatic carbocycles. The number of aryl methyl sites for hydroxylation is 1. The van der Waals surface area contributed by atoms with E-state index in [0.717, 1.165) is 28.1 Å². The molecule has 0 saturated carbocycles. The van der Waals surface area contributed by atoms with Crippen LogP contribution in [0.15, 0.2) is 6.07 Å². The van der Waals surface area contributed by atoms with Crippen molar-refractivity contribution >= 4 is 5.69 Å². The highest BCUT2D eigenvalue weighted by molar-refractivity contribution is 5.60. The molecule has 0 spiro atoms. The Morgan fingerprint density at radius 1 is 1.23 bits per heavy atom. The SMILES string of the molecule is COc1c(C)cc(NN)c(C)c1C. The van der Waals surface area contributed by atoms with Crippen LogP contribution in [0.25, 0.3) is 0 Å². The summed E-state index contributed by atoms with van der Waals surface area (Å²) in [6.07, 6.45) is 0. The molecule has 3 nitrogen and oxygen atoms in total. The fraction of sp³-hybridized carbons (Fsp3) is 0.400. The zero-order valence-corrected chi connectivity index (χ0v) is 8.56. The number of hydrazine groups is 1. The van der Waals surface area contributed by atoms with Gasteiger partial charge in [0.25, 0.3) is 0 Å². The van der Waals surface area contributed by atoms with E-state index in [1.165, 1.54) is 0 Å². The lowest BCUT2D eigenvalue weighted by atomic mass is 10.0. The van der Waals surface area contributed by atoms with Crippen LogP contribution in [0.2, 0.25) is 0 Å². The van der Waals surface area contributed by atoms with Gasteiger partial charge in [-0.2, -0.15) is 0 Å². The largest absolute Gasteiger partial charge is 0.496 e. The second kappa shape index (κ2) is 3.66. The molecule has 72 valence electrons.